The highest BCUT2D eigenvalue weighted by molar-refractivity contribution is 5.76. The molecule has 1 saturated heterocycles. The minimum Gasteiger partial charge on any atom is -0.393 e. The van der Waals surface area contributed by atoms with Gasteiger partial charge in [-0.3, -0.25) is 4.79 Å². The number of carbonyl (C=O) groups excluding carboxylic acids is 1. The van der Waals surface area contributed by atoms with E-state index in [2.05, 4.69) is 31.0 Å². The van der Waals surface area contributed by atoms with Crippen LogP contribution >= 0.6 is 0 Å². The molecule has 0 unspecified atom stereocenters. The maximum atomic E-state index is 11.6. The number of nitrogens with one attached hydrogen (secondary N) is 1. The number of rotatable bonds is 5. The second kappa shape index (κ2) is 7.10. The lowest BCUT2D eigenvalue weighted by molar-refractivity contribution is -0.122. The van der Waals surface area contributed by atoms with Gasteiger partial charge < -0.3 is 15.3 Å². The van der Waals surface area contributed by atoms with Crippen molar-refractivity contribution in [3.05, 3.63) is 0 Å². The number of aliphatic hydroxyl groups excluding tert-OH is 1. The highest BCUT2D eigenvalue weighted by Gasteiger charge is 2.17. The van der Waals surface area contributed by atoms with Crippen LogP contribution in [0.15, 0.2) is 0 Å². The Kier molecular flexibility index (Phi) is 6.09. The van der Waals surface area contributed by atoms with Crippen LogP contribution in [0.4, 0.5) is 0 Å². The van der Waals surface area contributed by atoms with Crippen LogP contribution < -0.4 is 5.32 Å². The van der Waals surface area contributed by atoms with Gasteiger partial charge in [0, 0.05) is 26.1 Å². The van der Waals surface area contributed by atoms with E-state index in [0.717, 1.165) is 45.4 Å². The van der Waals surface area contributed by atoms with Crippen LogP contribution in [0, 0.1) is 5.41 Å². The van der Waals surface area contributed by atoms with Gasteiger partial charge in [-0.05, 0) is 31.2 Å². The van der Waals surface area contributed by atoms with E-state index >= 15 is 0 Å². The van der Waals surface area contributed by atoms with Gasteiger partial charge in [0.15, 0.2) is 0 Å². The number of nitrogens with zero attached hydrogens (tertiary/aromatic N) is 1. The topological polar surface area (TPSA) is 52.6 Å². The summed E-state index contributed by atoms with van der Waals surface area (Å²) in [7, 11) is 0. The summed E-state index contributed by atoms with van der Waals surface area (Å²) in [5.74, 6) is 0.150. The van der Waals surface area contributed by atoms with Gasteiger partial charge >= 0.3 is 0 Å². The molecule has 4 heteroatoms. The molecule has 1 aliphatic rings. The molecule has 0 saturated carbocycles. The average Bonchev–Trinajstić information content (AvgIpc) is 2.24. The molecule has 0 radical (unpaired) electrons. The van der Waals surface area contributed by atoms with Gasteiger partial charge in [-0.15, -0.1) is 0 Å². The van der Waals surface area contributed by atoms with Crippen molar-refractivity contribution in [3.8, 4) is 0 Å². The van der Waals surface area contributed by atoms with Crippen molar-refractivity contribution in [1.29, 1.82) is 0 Å². The maximum Gasteiger partial charge on any atom is 0.220 e. The summed E-state index contributed by atoms with van der Waals surface area (Å²) in [6.07, 6.45) is 3.24. The van der Waals surface area contributed by atoms with E-state index < -0.39 is 0 Å². The Labute approximate surface area is 111 Å². The number of hydrogen-bond acceptors (Lipinski definition) is 3. The fourth-order valence-electron chi connectivity index (χ4n) is 2.22. The van der Waals surface area contributed by atoms with Crippen molar-refractivity contribution in [2.45, 2.75) is 52.6 Å². The molecule has 106 valence electrons. The number of likely N-dealkylation sites (tertiary alicyclic amines) is 1. The zero-order valence-electron chi connectivity index (χ0n) is 12.0. The molecule has 18 heavy (non-hydrogen) atoms. The lowest BCUT2D eigenvalue weighted by Gasteiger charge is -2.29. The normalized spacial score (nSPS) is 18.9. The molecule has 1 fully saturated rings. The van der Waals surface area contributed by atoms with Crippen molar-refractivity contribution in [2.24, 2.45) is 5.41 Å². The molecule has 1 amide bonds. The van der Waals surface area contributed by atoms with Gasteiger partial charge in [0.1, 0.15) is 0 Å². The Morgan fingerprint density at radius 1 is 1.33 bits per heavy atom. The molecular weight excluding hydrogens is 228 g/mol. The molecule has 0 atom stereocenters. The molecule has 0 spiro atoms. The monoisotopic (exact) mass is 256 g/mol. The third-order valence-electron chi connectivity index (χ3n) is 3.22. The van der Waals surface area contributed by atoms with E-state index in [4.69, 9.17) is 0 Å². The summed E-state index contributed by atoms with van der Waals surface area (Å²) < 4.78 is 0. The minimum atomic E-state index is -0.104. The third kappa shape index (κ3) is 6.97. The van der Waals surface area contributed by atoms with Crippen molar-refractivity contribution in [1.82, 2.24) is 10.2 Å². The third-order valence-corrected chi connectivity index (χ3v) is 3.22. The number of hydrogen-bond donors (Lipinski definition) is 2. The largest absolute Gasteiger partial charge is 0.393 e. The molecule has 1 rings (SSSR count). The summed E-state index contributed by atoms with van der Waals surface area (Å²) >= 11 is 0. The smallest absolute Gasteiger partial charge is 0.220 e. The average molecular weight is 256 g/mol. The molecule has 1 heterocycles. The van der Waals surface area contributed by atoms with Crippen LogP contribution in [0.1, 0.15) is 46.5 Å². The first-order valence-electron chi connectivity index (χ1n) is 7.04. The minimum absolute atomic E-state index is 0.0626. The number of aliphatic hydroxyl groups is 1. The molecule has 4 nitrogen and oxygen atoms in total. The Balaban J connectivity index is 2.03. The second-order valence-electron chi connectivity index (χ2n) is 6.51. The van der Waals surface area contributed by atoms with E-state index in [1.807, 2.05) is 0 Å². The summed E-state index contributed by atoms with van der Waals surface area (Å²) in [5, 5.41) is 12.4. The summed E-state index contributed by atoms with van der Waals surface area (Å²) in [6.45, 7) is 9.97. The number of amides is 1. The zero-order valence-corrected chi connectivity index (χ0v) is 12.0. The van der Waals surface area contributed by atoms with Crippen LogP contribution in [0.3, 0.4) is 0 Å². The lowest BCUT2D eigenvalue weighted by Crippen LogP contribution is -2.37. The van der Waals surface area contributed by atoms with Crippen LogP contribution in [0.5, 0.6) is 0 Å². The molecule has 0 bridgehead atoms. The Bertz CT molecular complexity index is 253. The highest BCUT2D eigenvalue weighted by atomic mass is 16.3. The second-order valence-corrected chi connectivity index (χ2v) is 6.51. The summed E-state index contributed by atoms with van der Waals surface area (Å²) in [4.78, 5) is 14.0. The number of piperidine rings is 1. The maximum absolute atomic E-state index is 11.6. The van der Waals surface area contributed by atoms with Crippen LogP contribution in [0.25, 0.3) is 0 Å². The fourth-order valence-corrected chi connectivity index (χ4v) is 2.22. The number of carbonyl (C=O) groups is 1. The first kappa shape index (κ1) is 15.4. The van der Waals surface area contributed by atoms with E-state index in [1.165, 1.54) is 0 Å². The standard InChI is InChI=1S/C14H28N2O2/c1-14(2,3)11-13(18)15-7-4-8-16-9-5-12(17)6-10-16/h12,17H,4-11H2,1-3H3,(H,15,18). The summed E-state index contributed by atoms with van der Waals surface area (Å²) in [6, 6.07) is 0. The molecule has 1 aliphatic heterocycles. The van der Waals surface area contributed by atoms with E-state index in [-0.39, 0.29) is 17.4 Å². The first-order chi connectivity index (χ1) is 8.37. The molecule has 2 N–H and O–H groups in total. The van der Waals surface area contributed by atoms with Crippen LogP contribution in [-0.2, 0) is 4.79 Å². The van der Waals surface area contributed by atoms with Gasteiger partial charge in [0.25, 0.3) is 0 Å². The van der Waals surface area contributed by atoms with E-state index in [9.17, 15) is 9.90 Å². The van der Waals surface area contributed by atoms with E-state index in [1.54, 1.807) is 0 Å². The van der Waals surface area contributed by atoms with Crippen molar-refractivity contribution in [3.63, 3.8) is 0 Å². The van der Waals surface area contributed by atoms with E-state index in [0.29, 0.717) is 6.42 Å². The van der Waals surface area contributed by atoms with Crippen molar-refractivity contribution in [2.75, 3.05) is 26.2 Å². The Morgan fingerprint density at radius 2 is 1.94 bits per heavy atom. The Hall–Kier alpha value is -0.610. The van der Waals surface area contributed by atoms with Gasteiger partial charge in [0.2, 0.25) is 5.91 Å². The van der Waals surface area contributed by atoms with Crippen molar-refractivity contribution >= 4 is 5.91 Å². The molecule has 0 aromatic heterocycles. The van der Waals surface area contributed by atoms with Crippen LogP contribution in [-0.4, -0.2) is 48.2 Å². The highest BCUT2D eigenvalue weighted by Crippen LogP contribution is 2.17. The van der Waals surface area contributed by atoms with Gasteiger partial charge in [0.05, 0.1) is 6.10 Å². The predicted octanol–water partition coefficient (Wildman–Crippen LogP) is 1.39. The summed E-state index contributed by atoms with van der Waals surface area (Å²) in [5.41, 5.74) is 0.0626. The molecule has 0 aromatic carbocycles. The zero-order chi connectivity index (χ0) is 13.6. The quantitative estimate of drug-likeness (QED) is 0.731. The molecule has 0 aliphatic carbocycles. The van der Waals surface area contributed by atoms with Crippen LogP contribution in [0.2, 0.25) is 0 Å². The SMILES string of the molecule is CC(C)(C)CC(=O)NCCCN1CCC(O)CC1. The van der Waals surface area contributed by atoms with Gasteiger partial charge in [-0.1, -0.05) is 20.8 Å². The lowest BCUT2D eigenvalue weighted by atomic mass is 9.92. The molecule has 0 aromatic rings. The van der Waals surface area contributed by atoms with Gasteiger partial charge in [-0.2, -0.15) is 0 Å². The van der Waals surface area contributed by atoms with Crippen molar-refractivity contribution < 1.29 is 9.90 Å². The first-order valence-corrected chi connectivity index (χ1v) is 7.04. The molecular formula is C14H28N2O2. The Morgan fingerprint density at radius 3 is 2.50 bits per heavy atom. The predicted molar refractivity (Wildman–Crippen MR) is 73.4 cm³/mol. The fraction of sp³-hybridized carbons (Fsp3) is 0.929. The van der Waals surface area contributed by atoms with Gasteiger partial charge in [-0.25, -0.2) is 0 Å².